The Morgan fingerprint density at radius 1 is 0.789 bits per heavy atom. The summed E-state index contributed by atoms with van der Waals surface area (Å²) >= 11 is 0. The molecule has 2 rings (SSSR count). The third-order valence-electron chi connectivity index (χ3n) is 5.51. The van der Waals surface area contributed by atoms with Crippen LogP contribution in [0.15, 0.2) is 0 Å². The number of nitrogens with one attached hydrogen (secondary N) is 1. The van der Waals surface area contributed by atoms with Gasteiger partial charge in [0.05, 0.1) is 0 Å². The highest BCUT2D eigenvalue weighted by Crippen LogP contribution is 2.39. The van der Waals surface area contributed by atoms with E-state index >= 15 is 0 Å². The molecule has 0 aromatic rings. The fourth-order valence-electron chi connectivity index (χ4n) is 4.41. The molecule has 0 spiro atoms. The van der Waals surface area contributed by atoms with Crippen LogP contribution < -0.4 is 5.32 Å². The van der Waals surface area contributed by atoms with Gasteiger partial charge in [-0.3, -0.25) is 0 Å². The molecule has 2 atom stereocenters. The Bertz CT molecular complexity index is 228. The summed E-state index contributed by atoms with van der Waals surface area (Å²) in [5, 5.41) is 3.73. The van der Waals surface area contributed by atoms with Gasteiger partial charge >= 0.3 is 0 Å². The van der Waals surface area contributed by atoms with Crippen LogP contribution in [0.5, 0.6) is 0 Å². The monoisotopic (exact) mass is 265 g/mol. The van der Waals surface area contributed by atoms with E-state index in [2.05, 4.69) is 19.2 Å². The Balaban J connectivity index is 1.94. The van der Waals surface area contributed by atoms with E-state index in [1.165, 1.54) is 77.2 Å². The fourth-order valence-corrected chi connectivity index (χ4v) is 4.41. The molecule has 0 aromatic heterocycles. The zero-order chi connectivity index (χ0) is 13.5. The molecular formula is C18H35N. The standard InChI is InChI=1S/C18H35N/c1-15(2)19-14-17-12-8-5-9-13-18(17)16-10-6-3-4-7-11-16/h15-19H,3-14H2,1-2H3. The van der Waals surface area contributed by atoms with Crippen LogP contribution in [0.3, 0.4) is 0 Å². The normalized spacial score (nSPS) is 31.1. The first-order chi connectivity index (χ1) is 9.27. The molecule has 0 radical (unpaired) electrons. The van der Waals surface area contributed by atoms with Crippen molar-refractivity contribution in [3.63, 3.8) is 0 Å². The Kier molecular flexibility index (Phi) is 6.70. The second kappa shape index (κ2) is 8.29. The summed E-state index contributed by atoms with van der Waals surface area (Å²) in [6, 6.07) is 0.651. The Labute approximate surface area is 120 Å². The molecule has 1 N–H and O–H groups in total. The van der Waals surface area contributed by atoms with Crippen LogP contribution in [-0.4, -0.2) is 12.6 Å². The molecule has 2 aliphatic rings. The first-order valence-electron chi connectivity index (χ1n) is 9.00. The van der Waals surface area contributed by atoms with E-state index in [1.807, 2.05) is 0 Å². The van der Waals surface area contributed by atoms with Crippen molar-refractivity contribution in [3.8, 4) is 0 Å². The van der Waals surface area contributed by atoms with Gasteiger partial charge in [-0.25, -0.2) is 0 Å². The largest absolute Gasteiger partial charge is 0.314 e. The summed E-state index contributed by atoms with van der Waals surface area (Å²) in [5.74, 6) is 3.06. The average molecular weight is 265 g/mol. The SMILES string of the molecule is CC(C)NCC1CCCCCC1C1CCCCCC1. The number of hydrogen-bond acceptors (Lipinski definition) is 1. The summed E-state index contributed by atoms with van der Waals surface area (Å²) in [6.07, 6.45) is 16.5. The van der Waals surface area contributed by atoms with E-state index in [0.29, 0.717) is 6.04 Å². The molecule has 1 heteroatoms. The van der Waals surface area contributed by atoms with Gasteiger partial charge in [0, 0.05) is 6.04 Å². The van der Waals surface area contributed by atoms with E-state index in [1.54, 1.807) is 0 Å². The molecular weight excluding hydrogens is 230 g/mol. The quantitative estimate of drug-likeness (QED) is 0.693. The van der Waals surface area contributed by atoms with Crippen LogP contribution in [0.1, 0.15) is 84.5 Å². The molecule has 112 valence electrons. The predicted molar refractivity (Wildman–Crippen MR) is 84.4 cm³/mol. The van der Waals surface area contributed by atoms with E-state index < -0.39 is 0 Å². The van der Waals surface area contributed by atoms with Crippen molar-refractivity contribution in [2.75, 3.05) is 6.54 Å². The zero-order valence-corrected chi connectivity index (χ0v) is 13.3. The highest BCUT2D eigenvalue weighted by atomic mass is 14.9. The van der Waals surface area contributed by atoms with E-state index in [-0.39, 0.29) is 0 Å². The number of hydrogen-bond donors (Lipinski definition) is 1. The number of rotatable bonds is 4. The minimum atomic E-state index is 0.651. The molecule has 2 saturated carbocycles. The van der Waals surface area contributed by atoms with Crippen LogP contribution in [0.2, 0.25) is 0 Å². The van der Waals surface area contributed by atoms with Gasteiger partial charge in [-0.2, -0.15) is 0 Å². The maximum absolute atomic E-state index is 3.73. The predicted octanol–water partition coefficient (Wildman–Crippen LogP) is 5.15. The highest BCUT2D eigenvalue weighted by Gasteiger charge is 2.30. The molecule has 19 heavy (non-hydrogen) atoms. The van der Waals surface area contributed by atoms with Crippen molar-refractivity contribution < 1.29 is 0 Å². The van der Waals surface area contributed by atoms with Crippen molar-refractivity contribution in [1.29, 1.82) is 0 Å². The Morgan fingerprint density at radius 2 is 1.37 bits per heavy atom. The summed E-state index contributed by atoms with van der Waals surface area (Å²) < 4.78 is 0. The van der Waals surface area contributed by atoms with Crippen LogP contribution in [0, 0.1) is 17.8 Å². The maximum atomic E-state index is 3.73. The average Bonchev–Trinajstić information content (AvgIpc) is 2.78. The maximum Gasteiger partial charge on any atom is 0.00104 e. The lowest BCUT2D eigenvalue weighted by Crippen LogP contribution is -2.34. The van der Waals surface area contributed by atoms with Gasteiger partial charge in [0.15, 0.2) is 0 Å². The van der Waals surface area contributed by atoms with E-state index in [4.69, 9.17) is 0 Å². The summed E-state index contributed by atoms with van der Waals surface area (Å²) in [7, 11) is 0. The van der Waals surface area contributed by atoms with Crippen LogP contribution >= 0.6 is 0 Å². The smallest absolute Gasteiger partial charge is 0.00104 e. The van der Waals surface area contributed by atoms with Crippen molar-refractivity contribution >= 4 is 0 Å². The fraction of sp³-hybridized carbons (Fsp3) is 1.00. The summed E-state index contributed by atoms with van der Waals surface area (Å²) in [5.41, 5.74) is 0. The lowest BCUT2D eigenvalue weighted by atomic mass is 9.75. The minimum absolute atomic E-state index is 0.651. The van der Waals surface area contributed by atoms with Crippen LogP contribution in [-0.2, 0) is 0 Å². The molecule has 2 aliphatic carbocycles. The van der Waals surface area contributed by atoms with Gasteiger partial charge in [0.2, 0.25) is 0 Å². The van der Waals surface area contributed by atoms with Crippen molar-refractivity contribution in [2.24, 2.45) is 17.8 Å². The van der Waals surface area contributed by atoms with Gasteiger partial charge < -0.3 is 5.32 Å². The summed E-state index contributed by atoms with van der Waals surface area (Å²) in [6.45, 7) is 5.85. The van der Waals surface area contributed by atoms with E-state index in [9.17, 15) is 0 Å². The highest BCUT2D eigenvalue weighted by molar-refractivity contribution is 4.82. The van der Waals surface area contributed by atoms with Gasteiger partial charge in [-0.05, 0) is 37.1 Å². The molecule has 0 heterocycles. The molecule has 2 fully saturated rings. The Hall–Kier alpha value is -0.0400. The lowest BCUT2D eigenvalue weighted by molar-refractivity contribution is 0.186. The molecule has 0 bridgehead atoms. The lowest BCUT2D eigenvalue weighted by Gasteiger charge is -2.33. The van der Waals surface area contributed by atoms with Gasteiger partial charge in [-0.15, -0.1) is 0 Å². The van der Waals surface area contributed by atoms with Gasteiger partial charge in [0.1, 0.15) is 0 Å². The topological polar surface area (TPSA) is 12.0 Å². The Morgan fingerprint density at radius 3 is 2.05 bits per heavy atom. The summed E-state index contributed by atoms with van der Waals surface area (Å²) in [4.78, 5) is 0. The first kappa shape index (κ1) is 15.4. The second-order valence-electron chi connectivity index (χ2n) is 7.38. The van der Waals surface area contributed by atoms with Gasteiger partial charge in [-0.1, -0.05) is 71.6 Å². The van der Waals surface area contributed by atoms with Gasteiger partial charge in [0.25, 0.3) is 0 Å². The van der Waals surface area contributed by atoms with Crippen molar-refractivity contribution in [1.82, 2.24) is 5.32 Å². The molecule has 0 saturated heterocycles. The van der Waals surface area contributed by atoms with Crippen molar-refractivity contribution in [3.05, 3.63) is 0 Å². The molecule has 1 nitrogen and oxygen atoms in total. The minimum Gasteiger partial charge on any atom is -0.314 e. The van der Waals surface area contributed by atoms with Crippen molar-refractivity contribution in [2.45, 2.75) is 90.5 Å². The third kappa shape index (κ3) is 5.10. The molecule has 0 aromatic carbocycles. The molecule has 0 aliphatic heterocycles. The van der Waals surface area contributed by atoms with Crippen LogP contribution in [0.4, 0.5) is 0 Å². The molecule has 2 unspecified atom stereocenters. The van der Waals surface area contributed by atoms with E-state index in [0.717, 1.165) is 17.8 Å². The third-order valence-corrected chi connectivity index (χ3v) is 5.51. The second-order valence-corrected chi connectivity index (χ2v) is 7.38. The first-order valence-corrected chi connectivity index (χ1v) is 9.00. The van der Waals surface area contributed by atoms with Crippen LogP contribution in [0.25, 0.3) is 0 Å². The molecule has 0 amide bonds. The zero-order valence-electron chi connectivity index (χ0n) is 13.3.